The summed E-state index contributed by atoms with van der Waals surface area (Å²) in [6.45, 7) is 2.24. The van der Waals surface area contributed by atoms with Gasteiger partial charge in [0, 0.05) is 25.8 Å². The Bertz CT molecular complexity index is 424. The SMILES string of the molecule is CCCCCCCCC(c1cccc(Br)c1)C(OC)(OC)OC. The molecule has 0 aliphatic heterocycles. The summed E-state index contributed by atoms with van der Waals surface area (Å²) in [5.41, 5.74) is 1.17. The Balaban J connectivity index is 2.81. The molecule has 132 valence electrons. The van der Waals surface area contributed by atoms with Gasteiger partial charge >= 0.3 is 0 Å². The number of rotatable bonds is 12. The highest BCUT2D eigenvalue weighted by atomic mass is 79.9. The summed E-state index contributed by atoms with van der Waals surface area (Å²) in [6.07, 6.45) is 8.56. The van der Waals surface area contributed by atoms with Crippen LogP contribution in [0.25, 0.3) is 0 Å². The summed E-state index contributed by atoms with van der Waals surface area (Å²) in [5.74, 6) is -1.00. The zero-order valence-corrected chi connectivity index (χ0v) is 16.5. The monoisotopic (exact) mass is 386 g/mol. The van der Waals surface area contributed by atoms with Crippen LogP contribution in [0, 0.1) is 0 Å². The molecule has 23 heavy (non-hydrogen) atoms. The van der Waals surface area contributed by atoms with Crippen molar-refractivity contribution in [1.82, 2.24) is 0 Å². The number of hydrogen-bond acceptors (Lipinski definition) is 3. The second-order valence-corrected chi connectivity index (χ2v) is 6.80. The normalized spacial score (nSPS) is 13.3. The van der Waals surface area contributed by atoms with Crippen molar-refractivity contribution in [2.45, 2.75) is 63.8 Å². The fraction of sp³-hybridized carbons (Fsp3) is 0.684. The molecular weight excluding hydrogens is 356 g/mol. The Labute approximate surface area is 149 Å². The molecule has 4 heteroatoms. The van der Waals surface area contributed by atoms with Crippen LogP contribution in [0.5, 0.6) is 0 Å². The number of hydrogen-bond donors (Lipinski definition) is 0. The largest absolute Gasteiger partial charge is 0.330 e. The topological polar surface area (TPSA) is 27.7 Å². The van der Waals surface area contributed by atoms with Crippen LogP contribution in [-0.2, 0) is 14.2 Å². The lowest BCUT2D eigenvalue weighted by Crippen LogP contribution is -2.42. The van der Waals surface area contributed by atoms with Gasteiger partial charge in [0.1, 0.15) is 0 Å². The Kier molecular flexibility index (Phi) is 10.0. The van der Waals surface area contributed by atoms with Gasteiger partial charge in [-0.2, -0.15) is 0 Å². The fourth-order valence-corrected chi connectivity index (χ4v) is 3.49. The van der Waals surface area contributed by atoms with Crippen LogP contribution >= 0.6 is 15.9 Å². The minimum absolute atomic E-state index is 0.0335. The summed E-state index contributed by atoms with van der Waals surface area (Å²) in [6, 6.07) is 8.30. The third kappa shape index (κ3) is 6.18. The minimum atomic E-state index is -1.04. The minimum Gasteiger partial charge on any atom is -0.330 e. The summed E-state index contributed by atoms with van der Waals surface area (Å²) >= 11 is 3.55. The molecule has 1 aromatic rings. The van der Waals surface area contributed by atoms with Crippen molar-refractivity contribution in [3.63, 3.8) is 0 Å². The van der Waals surface area contributed by atoms with Crippen LogP contribution in [0.4, 0.5) is 0 Å². The van der Waals surface area contributed by atoms with Gasteiger partial charge in [-0.3, -0.25) is 0 Å². The first-order chi connectivity index (χ1) is 11.1. The first-order valence-electron chi connectivity index (χ1n) is 8.54. The highest BCUT2D eigenvalue weighted by Crippen LogP contribution is 2.37. The van der Waals surface area contributed by atoms with E-state index in [0.29, 0.717) is 0 Å². The molecule has 0 saturated heterocycles. The number of halogens is 1. The van der Waals surface area contributed by atoms with Gasteiger partial charge in [0.2, 0.25) is 0 Å². The van der Waals surface area contributed by atoms with Crippen molar-refractivity contribution in [3.05, 3.63) is 34.3 Å². The van der Waals surface area contributed by atoms with Crippen LogP contribution in [0.2, 0.25) is 0 Å². The smallest absolute Gasteiger partial charge is 0.289 e. The summed E-state index contributed by atoms with van der Waals surface area (Å²) in [5, 5.41) is 0. The molecule has 0 aliphatic carbocycles. The Morgan fingerprint density at radius 1 is 0.957 bits per heavy atom. The molecular formula is C19H31BrO3. The lowest BCUT2D eigenvalue weighted by molar-refractivity contribution is -0.365. The van der Waals surface area contributed by atoms with Gasteiger partial charge < -0.3 is 14.2 Å². The molecule has 1 unspecified atom stereocenters. The summed E-state index contributed by atoms with van der Waals surface area (Å²) in [4.78, 5) is 0. The molecule has 1 aromatic carbocycles. The second kappa shape index (κ2) is 11.2. The number of benzene rings is 1. The highest BCUT2D eigenvalue weighted by Gasteiger charge is 2.40. The fourth-order valence-electron chi connectivity index (χ4n) is 3.08. The molecule has 0 amide bonds. The predicted molar refractivity (Wildman–Crippen MR) is 98.6 cm³/mol. The molecule has 0 heterocycles. The van der Waals surface area contributed by atoms with Crippen molar-refractivity contribution in [1.29, 1.82) is 0 Å². The molecule has 0 N–H and O–H groups in total. The quantitative estimate of drug-likeness (QED) is 0.331. The maximum atomic E-state index is 5.63. The molecule has 0 bridgehead atoms. The molecule has 0 aliphatic rings. The first-order valence-corrected chi connectivity index (χ1v) is 9.33. The van der Waals surface area contributed by atoms with Crippen molar-refractivity contribution >= 4 is 15.9 Å². The van der Waals surface area contributed by atoms with E-state index in [1.807, 2.05) is 12.1 Å². The summed E-state index contributed by atoms with van der Waals surface area (Å²) in [7, 11) is 4.91. The van der Waals surface area contributed by atoms with E-state index in [0.717, 1.165) is 17.3 Å². The van der Waals surface area contributed by atoms with E-state index < -0.39 is 5.97 Å². The maximum absolute atomic E-state index is 5.63. The highest BCUT2D eigenvalue weighted by molar-refractivity contribution is 9.10. The van der Waals surface area contributed by atoms with Gasteiger partial charge in [-0.15, -0.1) is 0 Å². The average Bonchev–Trinajstić information content (AvgIpc) is 2.57. The zero-order valence-electron chi connectivity index (χ0n) is 14.9. The molecule has 0 aromatic heterocycles. The number of methoxy groups -OCH3 is 3. The maximum Gasteiger partial charge on any atom is 0.289 e. The van der Waals surface area contributed by atoms with Gasteiger partial charge in [-0.05, 0) is 24.1 Å². The Hall–Kier alpha value is -0.420. The van der Waals surface area contributed by atoms with Crippen molar-refractivity contribution in [2.24, 2.45) is 0 Å². The van der Waals surface area contributed by atoms with E-state index in [2.05, 4.69) is 35.0 Å². The summed E-state index contributed by atoms with van der Waals surface area (Å²) < 4.78 is 17.9. The van der Waals surface area contributed by atoms with Crippen molar-refractivity contribution < 1.29 is 14.2 Å². The van der Waals surface area contributed by atoms with Crippen LogP contribution in [0.15, 0.2) is 28.7 Å². The van der Waals surface area contributed by atoms with E-state index in [1.54, 1.807) is 21.3 Å². The molecule has 0 spiro atoms. The molecule has 0 radical (unpaired) electrons. The van der Waals surface area contributed by atoms with Crippen LogP contribution < -0.4 is 0 Å². The third-order valence-corrected chi connectivity index (χ3v) is 4.87. The van der Waals surface area contributed by atoms with E-state index in [9.17, 15) is 0 Å². The van der Waals surface area contributed by atoms with Crippen molar-refractivity contribution in [3.8, 4) is 0 Å². The van der Waals surface area contributed by atoms with E-state index in [4.69, 9.17) is 14.2 Å². The van der Waals surface area contributed by atoms with Crippen LogP contribution in [0.1, 0.15) is 63.4 Å². The second-order valence-electron chi connectivity index (χ2n) is 5.88. The van der Waals surface area contributed by atoms with E-state index in [-0.39, 0.29) is 5.92 Å². The number of unbranched alkanes of at least 4 members (excludes halogenated alkanes) is 5. The van der Waals surface area contributed by atoms with Gasteiger partial charge in [0.05, 0.1) is 5.92 Å². The Morgan fingerprint density at radius 2 is 1.57 bits per heavy atom. The first kappa shape index (κ1) is 20.6. The van der Waals surface area contributed by atoms with E-state index >= 15 is 0 Å². The molecule has 0 saturated carbocycles. The predicted octanol–water partition coefficient (Wildman–Crippen LogP) is 5.88. The van der Waals surface area contributed by atoms with Crippen molar-refractivity contribution in [2.75, 3.05) is 21.3 Å². The Morgan fingerprint density at radius 3 is 2.13 bits per heavy atom. The lowest BCUT2D eigenvalue weighted by atomic mass is 9.90. The average molecular weight is 387 g/mol. The standard InChI is InChI=1S/C19H31BrO3/c1-5-6-7-8-9-10-14-18(19(21-2,22-3)23-4)16-12-11-13-17(20)15-16/h11-13,15,18H,5-10,14H2,1-4H3. The van der Waals surface area contributed by atoms with Gasteiger partial charge in [0.25, 0.3) is 5.97 Å². The lowest BCUT2D eigenvalue weighted by Gasteiger charge is -2.36. The zero-order chi connectivity index (χ0) is 17.1. The van der Waals surface area contributed by atoms with Crippen LogP contribution in [-0.4, -0.2) is 27.3 Å². The van der Waals surface area contributed by atoms with Gasteiger partial charge in [-0.25, -0.2) is 0 Å². The molecule has 1 rings (SSSR count). The van der Waals surface area contributed by atoms with Gasteiger partial charge in [-0.1, -0.05) is 73.5 Å². The molecule has 0 fully saturated rings. The van der Waals surface area contributed by atoms with Gasteiger partial charge in [0.15, 0.2) is 0 Å². The molecule has 3 nitrogen and oxygen atoms in total. The van der Waals surface area contributed by atoms with Crippen LogP contribution in [0.3, 0.4) is 0 Å². The third-order valence-electron chi connectivity index (χ3n) is 4.38. The number of ether oxygens (including phenoxy) is 3. The molecule has 1 atom stereocenters. The van der Waals surface area contributed by atoms with E-state index in [1.165, 1.54) is 37.7 Å².